The Balaban J connectivity index is 1.74. The molecule has 3 rings (SSSR count). The standard InChI is InChI=1S/C26H35NO4S/c1-4-5-11-23(32)18(16-28)13-14-19-21(29)15-22-25(19)20-10-6-8-17(26(20)31-22)9-7-12-24(30)27(2)3/h6,8,10,13-14,18-19,21-23,25,28-29,32H,7,9,11-12,15-16H2,1-3H3/b14-13+. The number of carbonyl (C=O) groups is 1. The van der Waals surface area contributed by atoms with Gasteiger partial charge in [-0.25, -0.2) is 0 Å². The van der Waals surface area contributed by atoms with E-state index >= 15 is 0 Å². The molecule has 1 fully saturated rings. The molecule has 1 aromatic rings. The van der Waals surface area contributed by atoms with Gasteiger partial charge in [-0.2, -0.15) is 12.6 Å². The summed E-state index contributed by atoms with van der Waals surface area (Å²) in [4.78, 5) is 13.5. The summed E-state index contributed by atoms with van der Waals surface area (Å²) in [6.07, 6.45) is 6.78. The molecule has 0 saturated heterocycles. The van der Waals surface area contributed by atoms with Gasteiger partial charge < -0.3 is 19.8 Å². The van der Waals surface area contributed by atoms with Crippen molar-refractivity contribution in [3.63, 3.8) is 0 Å². The molecular formula is C26H35NO4S. The van der Waals surface area contributed by atoms with Gasteiger partial charge in [-0.05, 0) is 25.3 Å². The van der Waals surface area contributed by atoms with Crippen molar-refractivity contribution in [1.82, 2.24) is 4.90 Å². The summed E-state index contributed by atoms with van der Waals surface area (Å²) >= 11 is 4.60. The van der Waals surface area contributed by atoms with E-state index in [1.54, 1.807) is 25.9 Å². The van der Waals surface area contributed by atoms with Crippen molar-refractivity contribution in [3.05, 3.63) is 41.5 Å². The second-order valence-electron chi connectivity index (χ2n) is 8.97. The van der Waals surface area contributed by atoms with E-state index in [9.17, 15) is 15.0 Å². The third-order valence-corrected chi connectivity index (χ3v) is 7.16. The molecule has 1 heterocycles. The van der Waals surface area contributed by atoms with Crippen LogP contribution < -0.4 is 4.74 Å². The van der Waals surface area contributed by atoms with Crippen molar-refractivity contribution in [2.45, 2.75) is 62.4 Å². The first-order valence-electron chi connectivity index (χ1n) is 11.4. The number of nitrogens with zero attached hydrogens (tertiary/aromatic N) is 1. The number of aryl methyl sites for hydroxylation is 1. The largest absolute Gasteiger partial charge is 0.489 e. The van der Waals surface area contributed by atoms with Gasteiger partial charge in [0, 0.05) is 61.9 Å². The number of ether oxygens (including phenoxy) is 1. The molecular weight excluding hydrogens is 422 g/mol. The van der Waals surface area contributed by atoms with Crippen molar-refractivity contribution in [3.8, 4) is 17.6 Å². The van der Waals surface area contributed by atoms with Crippen LogP contribution in [0.15, 0.2) is 30.4 Å². The monoisotopic (exact) mass is 457 g/mol. The van der Waals surface area contributed by atoms with E-state index in [1.165, 1.54) is 0 Å². The molecule has 6 atom stereocenters. The van der Waals surface area contributed by atoms with Crippen LogP contribution in [0.2, 0.25) is 0 Å². The van der Waals surface area contributed by atoms with E-state index in [0.29, 0.717) is 19.3 Å². The summed E-state index contributed by atoms with van der Waals surface area (Å²) in [7, 11) is 3.56. The van der Waals surface area contributed by atoms with E-state index in [0.717, 1.165) is 29.7 Å². The molecule has 174 valence electrons. The van der Waals surface area contributed by atoms with Crippen LogP contribution in [0.5, 0.6) is 5.75 Å². The van der Waals surface area contributed by atoms with E-state index in [1.807, 2.05) is 18.2 Å². The molecule has 2 N–H and O–H groups in total. The van der Waals surface area contributed by atoms with E-state index in [-0.39, 0.29) is 41.6 Å². The topological polar surface area (TPSA) is 70.0 Å². The van der Waals surface area contributed by atoms with Crippen LogP contribution in [0.4, 0.5) is 0 Å². The normalized spacial score (nSPS) is 25.4. The number of hydrogen-bond acceptors (Lipinski definition) is 5. The van der Waals surface area contributed by atoms with Crippen molar-refractivity contribution in [2.24, 2.45) is 11.8 Å². The van der Waals surface area contributed by atoms with Gasteiger partial charge in [0.1, 0.15) is 11.9 Å². The number of aliphatic hydroxyl groups excluding tert-OH is 2. The SMILES string of the molecule is CC#CCC(S)C(/C=C/C1C(O)CC2Oc3c(CCCC(=O)N(C)C)cccc3C21)CO. The molecule has 2 aliphatic rings. The molecule has 6 unspecified atom stereocenters. The summed E-state index contributed by atoms with van der Waals surface area (Å²) in [5.74, 6) is 6.85. The summed E-state index contributed by atoms with van der Waals surface area (Å²) in [6, 6.07) is 6.21. The lowest BCUT2D eigenvalue weighted by Crippen LogP contribution is -2.21. The Morgan fingerprint density at radius 1 is 1.41 bits per heavy atom. The Bertz CT molecular complexity index is 888. The van der Waals surface area contributed by atoms with Crippen molar-refractivity contribution in [1.29, 1.82) is 0 Å². The Kier molecular flexibility index (Phi) is 8.70. The average Bonchev–Trinajstić information content (AvgIpc) is 3.28. The van der Waals surface area contributed by atoms with Crippen LogP contribution in [0.3, 0.4) is 0 Å². The van der Waals surface area contributed by atoms with E-state index < -0.39 is 6.10 Å². The zero-order valence-electron chi connectivity index (χ0n) is 19.2. The van der Waals surface area contributed by atoms with Crippen LogP contribution in [-0.2, 0) is 11.2 Å². The molecule has 0 bridgehead atoms. The number of carbonyl (C=O) groups excluding carboxylic acids is 1. The molecule has 0 aromatic heterocycles. The van der Waals surface area contributed by atoms with Gasteiger partial charge in [0.15, 0.2) is 0 Å². The number of rotatable bonds is 9. The minimum Gasteiger partial charge on any atom is -0.489 e. The Morgan fingerprint density at radius 3 is 2.88 bits per heavy atom. The minimum atomic E-state index is -0.482. The van der Waals surface area contributed by atoms with Crippen molar-refractivity contribution >= 4 is 18.5 Å². The lowest BCUT2D eigenvalue weighted by molar-refractivity contribution is -0.128. The van der Waals surface area contributed by atoms with Gasteiger partial charge >= 0.3 is 0 Å². The second-order valence-corrected chi connectivity index (χ2v) is 9.63. The van der Waals surface area contributed by atoms with Crippen LogP contribution in [-0.4, -0.2) is 59.2 Å². The number of amides is 1. The van der Waals surface area contributed by atoms with Crippen LogP contribution in [0.25, 0.3) is 0 Å². The third-order valence-electron chi connectivity index (χ3n) is 6.60. The third kappa shape index (κ3) is 5.51. The second kappa shape index (κ2) is 11.3. The predicted molar refractivity (Wildman–Crippen MR) is 130 cm³/mol. The first-order valence-corrected chi connectivity index (χ1v) is 11.9. The van der Waals surface area contributed by atoms with Gasteiger partial charge in [-0.15, -0.1) is 11.8 Å². The fourth-order valence-electron chi connectivity index (χ4n) is 4.76. The Morgan fingerprint density at radius 2 is 2.19 bits per heavy atom. The molecule has 1 amide bonds. The fourth-order valence-corrected chi connectivity index (χ4v) is 5.04. The van der Waals surface area contributed by atoms with E-state index in [2.05, 4.69) is 36.6 Å². The molecule has 1 aromatic carbocycles. The smallest absolute Gasteiger partial charge is 0.222 e. The summed E-state index contributed by atoms with van der Waals surface area (Å²) in [5, 5.41) is 20.5. The number of fused-ring (bicyclic) bond motifs is 3. The van der Waals surface area contributed by atoms with Crippen LogP contribution in [0.1, 0.15) is 49.7 Å². The van der Waals surface area contributed by atoms with Gasteiger partial charge in [-0.1, -0.05) is 30.4 Å². The van der Waals surface area contributed by atoms with Gasteiger partial charge in [0.25, 0.3) is 0 Å². The van der Waals surface area contributed by atoms with Gasteiger partial charge in [0.2, 0.25) is 5.91 Å². The quantitative estimate of drug-likeness (QED) is 0.303. The molecule has 1 saturated carbocycles. The zero-order valence-corrected chi connectivity index (χ0v) is 20.1. The molecule has 1 aliphatic carbocycles. The lowest BCUT2D eigenvalue weighted by atomic mass is 9.85. The molecule has 32 heavy (non-hydrogen) atoms. The van der Waals surface area contributed by atoms with Crippen molar-refractivity contribution < 1.29 is 19.7 Å². The summed E-state index contributed by atoms with van der Waals surface area (Å²) in [6.45, 7) is 1.79. The number of thiol groups is 1. The highest BCUT2D eigenvalue weighted by molar-refractivity contribution is 7.81. The molecule has 5 nitrogen and oxygen atoms in total. The number of hydrogen-bond donors (Lipinski definition) is 3. The highest BCUT2D eigenvalue weighted by atomic mass is 32.1. The Labute approximate surface area is 197 Å². The number of aliphatic hydroxyl groups is 2. The maximum absolute atomic E-state index is 11.9. The van der Waals surface area contributed by atoms with Crippen LogP contribution >= 0.6 is 12.6 Å². The minimum absolute atomic E-state index is 0.00409. The summed E-state index contributed by atoms with van der Waals surface area (Å²) < 4.78 is 6.33. The molecule has 0 radical (unpaired) electrons. The maximum Gasteiger partial charge on any atom is 0.222 e. The zero-order chi connectivity index (χ0) is 23.3. The molecule has 6 heteroatoms. The number of para-hydroxylation sites is 1. The highest BCUT2D eigenvalue weighted by Crippen LogP contribution is 2.52. The lowest BCUT2D eigenvalue weighted by Gasteiger charge is -2.20. The summed E-state index contributed by atoms with van der Waals surface area (Å²) in [5.41, 5.74) is 2.26. The highest BCUT2D eigenvalue weighted by Gasteiger charge is 2.48. The van der Waals surface area contributed by atoms with E-state index in [4.69, 9.17) is 4.74 Å². The van der Waals surface area contributed by atoms with Gasteiger partial charge in [0.05, 0.1) is 12.7 Å². The number of benzene rings is 1. The average molecular weight is 458 g/mol. The maximum atomic E-state index is 11.9. The fraction of sp³-hybridized carbons (Fsp3) is 0.577. The van der Waals surface area contributed by atoms with Gasteiger partial charge in [-0.3, -0.25) is 4.79 Å². The van der Waals surface area contributed by atoms with Crippen LogP contribution in [0, 0.1) is 23.7 Å². The first kappa shape index (κ1) is 24.7. The van der Waals surface area contributed by atoms with Crippen molar-refractivity contribution in [2.75, 3.05) is 20.7 Å². The first-order chi connectivity index (χ1) is 15.4. The Hall–Kier alpha value is -1.94. The predicted octanol–water partition coefficient (Wildman–Crippen LogP) is 3.20. The molecule has 1 aliphatic heterocycles. The molecule has 0 spiro atoms.